The number of rotatable bonds is 8. The monoisotopic (exact) mass is 821 g/mol. The fourth-order valence-corrected chi connectivity index (χ4v) is 9.01. The van der Waals surface area contributed by atoms with Crippen LogP contribution in [0, 0.1) is 5.82 Å². The number of halogens is 5. The van der Waals surface area contributed by atoms with Gasteiger partial charge < -0.3 is 19.9 Å². The van der Waals surface area contributed by atoms with Crippen LogP contribution in [0.3, 0.4) is 0 Å². The van der Waals surface area contributed by atoms with E-state index < -0.39 is 34.5 Å². The van der Waals surface area contributed by atoms with E-state index in [0.717, 1.165) is 41.7 Å². The Morgan fingerprint density at radius 3 is 2.34 bits per heavy atom. The van der Waals surface area contributed by atoms with E-state index in [0.29, 0.717) is 50.2 Å². The average molecular weight is 823 g/mol. The first kappa shape index (κ1) is 37.3. The fraction of sp³-hybridized carbons (Fsp3) is 0.196. The van der Waals surface area contributed by atoms with Gasteiger partial charge in [-0.2, -0.15) is 13.2 Å². The maximum absolute atomic E-state index is 16.0. The molecule has 56 heavy (non-hydrogen) atoms. The number of unbranched alkanes of at least 4 members (excludes halogenated alkanes) is 1. The molecule has 6 aromatic carbocycles. The van der Waals surface area contributed by atoms with Gasteiger partial charge in [-0.15, -0.1) is 0 Å². The normalized spacial score (nSPS) is 16.5. The molecule has 1 unspecified atom stereocenters. The quantitative estimate of drug-likeness (QED) is 0.119. The zero-order valence-corrected chi connectivity index (χ0v) is 32.2. The molecular formula is C46H36BrF4NO4. The van der Waals surface area contributed by atoms with E-state index in [4.69, 9.17) is 9.47 Å². The number of aromatic hydroxyl groups is 1. The first-order valence-corrected chi connectivity index (χ1v) is 19.0. The minimum Gasteiger partial charge on any atom is -0.508 e. The lowest BCUT2D eigenvalue weighted by molar-refractivity contribution is -0.137. The van der Waals surface area contributed by atoms with Crippen LogP contribution in [0.15, 0.2) is 114 Å². The summed E-state index contributed by atoms with van der Waals surface area (Å²) in [7, 11) is 0. The second-order valence-electron chi connectivity index (χ2n) is 14.6. The molecule has 1 heterocycles. The number of nitrogens with one attached hydrogen (secondary N) is 1. The van der Waals surface area contributed by atoms with Crippen LogP contribution < -0.4 is 14.8 Å². The smallest absolute Gasteiger partial charge is 0.416 e. The van der Waals surface area contributed by atoms with Gasteiger partial charge in [0, 0.05) is 43.2 Å². The van der Waals surface area contributed by atoms with E-state index in [1.54, 1.807) is 54.6 Å². The van der Waals surface area contributed by atoms with Crippen molar-refractivity contribution >= 4 is 44.4 Å². The number of phenolic OH excluding ortho intramolecular Hbond substituents is 1. The Kier molecular flexibility index (Phi) is 9.23. The Balaban J connectivity index is 1.35. The third-order valence-corrected chi connectivity index (χ3v) is 11.3. The zero-order chi connectivity index (χ0) is 39.6. The summed E-state index contributed by atoms with van der Waals surface area (Å²) in [6, 6.07) is 26.5. The van der Waals surface area contributed by atoms with Crippen LogP contribution in [-0.2, 0) is 17.2 Å². The van der Waals surface area contributed by atoms with Crippen molar-refractivity contribution < 1.29 is 36.9 Å². The van der Waals surface area contributed by atoms with Gasteiger partial charge in [-0.3, -0.25) is 4.79 Å². The van der Waals surface area contributed by atoms with Gasteiger partial charge in [0.15, 0.2) is 5.60 Å². The van der Waals surface area contributed by atoms with Crippen molar-refractivity contribution in [1.82, 2.24) is 0 Å². The van der Waals surface area contributed by atoms with Crippen molar-refractivity contribution in [2.24, 2.45) is 0 Å². The average Bonchev–Trinajstić information content (AvgIpc) is 3.41. The zero-order valence-electron chi connectivity index (χ0n) is 30.7. The SMILES string of the molecule is CCCCOc1ccc(C2(c3ccccc3F)C=Cc3c4c(c5ccc(C(F)(F)F)cc5c3O2)-c2cc(NC(=O)c3ccc(O)cc3)cc(Br)c2C4(C)C)cc1. The van der Waals surface area contributed by atoms with E-state index in [9.17, 15) is 23.1 Å². The molecule has 0 saturated heterocycles. The highest BCUT2D eigenvalue weighted by molar-refractivity contribution is 9.10. The van der Waals surface area contributed by atoms with Gasteiger partial charge in [-0.25, -0.2) is 4.39 Å². The molecule has 0 saturated carbocycles. The third kappa shape index (κ3) is 6.20. The topological polar surface area (TPSA) is 67.8 Å². The van der Waals surface area contributed by atoms with Crippen LogP contribution in [0.1, 0.15) is 77.4 Å². The van der Waals surface area contributed by atoms with Crippen LogP contribution in [0.25, 0.3) is 28.0 Å². The highest BCUT2D eigenvalue weighted by Crippen LogP contribution is 2.60. The van der Waals surface area contributed by atoms with Crippen molar-refractivity contribution in [3.05, 3.63) is 158 Å². The minimum atomic E-state index is -4.66. The van der Waals surface area contributed by atoms with Crippen molar-refractivity contribution in [3.63, 3.8) is 0 Å². The molecule has 10 heteroatoms. The Bertz CT molecular complexity index is 2560. The predicted molar refractivity (Wildman–Crippen MR) is 214 cm³/mol. The molecule has 2 N–H and O–H groups in total. The largest absolute Gasteiger partial charge is 0.508 e. The van der Waals surface area contributed by atoms with E-state index in [1.807, 2.05) is 26.0 Å². The summed E-state index contributed by atoms with van der Waals surface area (Å²) in [5.41, 5.74) is 2.11. The van der Waals surface area contributed by atoms with Gasteiger partial charge in [0.25, 0.3) is 5.91 Å². The standard InChI is InChI=1S/C46H36BrF4NO4/c1-4-5-22-55-31-17-12-27(13-18-31)45(36-8-6-7-9-38(36)48)21-20-33-41-39(32-19-14-28(46(49,50)51)23-34(32)42(33)56-45)35-24-29(25-37(47)40(35)44(41,2)3)52-43(54)26-10-15-30(53)16-11-26/h6-21,23-25,53H,4-5,22H2,1-3H3,(H,52,54). The number of fused-ring (bicyclic) bond motifs is 8. The number of carbonyl (C=O) groups excluding carboxylic acids is 1. The van der Waals surface area contributed by atoms with Crippen LogP contribution in [-0.4, -0.2) is 17.6 Å². The molecule has 1 atom stereocenters. The Morgan fingerprint density at radius 1 is 0.911 bits per heavy atom. The first-order chi connectivity index (χ1) is 26.7. The minimum absolute atomic E-state index is 0.0269. The Hall–Kier alpha value is -5.61. The lowest BCUT2D eigenvalue weighted by Gasteiger charge is -2.38. The molecule has 5 nitrogen and oxygen atoms in total. The van der Waals surface area contributed by atoms with E-state index in [1.165, 1.54) is 36.4 Å². The lowest BCUT2D eigenvalue weighted by atomic mass is 9.76. The summed E-state index contributed by atoms with van der Waals surface area (Å²) < 4.78 is 73.1. The molecule has 284 valence electrons. The molecule has 0 radical (unpaired) electrons. The number of benzene rings is 6. The van der Waals surface area contributed by atoms with Gasteiger partial charge in [0.1, 0.15) is 23.1 Å². The second kappa shape index (κ2) is 13.8. The number of ether oxygens (including phenoxy) is 2. The van der Waals surface area contributed by atoms with E-state index in [-0.39, 0.29) is 22.4 Å². The molecule has 6 aromatic rings. The van der Waals surface area contributed by atoms with Gasteiger partial charge in [0.05, 0.1) is 12.2 Å². The van der Waals surface area contributed by atoms with Gasteiger partial charge in [-0.05, 0) is 107 Å². The summed E-state index contributed by atoms with van der Waals surface area (Å²) in [5, 5.41) is 13.4. The summed E-state index contributed by atoms with van der Waals surface area (Å²) in [6.45, 7) is 6.69. The third-order valence-electron chi connectivity index (χ3n) is 10.7. The molecule has 8 rings (SSSR count). The molecular weight excluding hydrogens is 786 g/mol. The second-order valence-corrected chi connectivity index (χ2v) is 15.5. The molecule has 0 fully saturated rings. The van der Waals surface area contributed by atoms with Crippen molar-refractivity contribution in [3.8, 4) is 28.4 Å². The molecule has 0 aromatic heterocycles. The maximum atomic E-state index is 16.0. The highest BCUT2D eigenvalue weighted by Gasteiger charge is 2.46. The van der Waals surface area contributed by atoms with Crippen molar-refractivity contribution in [1.29, 1.82) is 0 Å². The van der Waals surface area contributed by atoms with Crippen molar-refractivity contribution in [2.75, 3.05) is 11.9 Å². The van der Waals surface area contributed by atoms with Crippen LogP contribution in [0.4, 0.5) is 23.2 Å². The molecule has 0 spiro atoms. The number of carbonyl (C=O) groups is 1. The van der Waals surface area contributed by atoms with Gasteiger partial charge in [-0.1, -0.05) is 85.6 Å². The van der Waals surface area contributed by atoms with Crippen molar-refractivity contribution in [2.45, 2.75) is 50.8 Å². The molecule has 2 aliphatic rings. The number of hydrogen-bond acceptors (Lipinski definition) is 4. The number of amides is 1. The predicted octanol–water partition coefficient (Wildman–Crippen LogP) is 12.6. The Labute approximate surface area is 329 Å². The van der Waals surface area contributed by atoms with Crippen LogP contribution in [0.2, 0.25) is 0 Å². The van der Waals surface area contributed by atoms with Crippen LogP contribution in [0.5, 0.6) is 17.2 Å². The summed E-state index contributed by atoms with van der Waals surface area (Å²) in [5.74, 6) is -0.0895. The van der Waals surface area contributed by atoms with Crippen LogP contribution >= 0.6 is 15.9 Å². The summed E-state index contributed by atoms with van der Waals surface area (Å²) >= 11 is 3.76. The van der Waals surface area contributed by atoms with E-state index in [2.05, 4.69) is 28.2 Å². The summed E-state index contributed by atoms with van der Waals surface area (Å²) in [6.07, 6.45) is 0.806. The molecule has 0 bridgehead atoms. The maximum Gasteiger partial charge on any atom is 0.416 e. The van der Waals surface area contributed by atoms with Gasteiger partial charge in [0.2, 0.25) is 0 Å². The highest BCUT2D eigenvalue weighted by atomic mass is 79.9. The lowest BCUT2D eigenvalue weighted by Crippen LogP contribution is -2.36. The number of hydrogen-bond donors (Lipinski definition) is 2. The molecule has 1 amide bonds. The number of phenols is 1. The molecule has 1 aliphatic heterocycles. The number of alkyl halides is 3. The Morgan fingerprint density at radius 2 is 1.64 bits per heavy atom. The summed E-state index contributed by atoms with van der Waals surface area (Å²) in [4.78, 5) is 13.3. The molecule has 1 aliphatic carbocycles. The fourth-order valence-electron chi connectivity index (χ4n) is 8.05. The van der Waals surface area contributed by atoms with Gasteiger partial charge >= 0.3 is 6.18 Å². The first-order valence-electron chi connectivity index (χ1n) is 18.3. The van der Waals surface area contributed by atoms with E-state index >= 15 is 4.39 Å². The number of anilines is 1.